The lowest BCUT2D eigenvalue weighted by Gasteiger charge is -2.28. The van der Waals surface area contributed by atoms with Crippen molar-refractivity contribution in [2.45, 2.75) is 139 Å². The molecule has 0 aliphatic heterocycles. The van der Waals surface area contributed by atoms with Gasteiger partial charge in [0.05, 0.1) is 50.8 Å². The highest BCUT2D eigenvalue weighted by atomic mass is 16.4. The largest absolute Gasteiger partial charge is 0.481 e. The summed E-state index contributed by atoms with van der Waals surface area (Å²) in [6.45, 7) is 3.03. The van der Waals surface area contributed by atoms with Crippen LogP contribution >= 0.6 is 0 Å². The quantitative estimate of drug-likeness (QED) is 0.0305. The molecule has 0 spiro atoms. The molecule has 0 saturated carbocycles. The normalized spacial score (nSPS) is 15.5. The predicted molar refractivity (Wildman–Crippen MR) is 276 cm³/mol. The van der Waals surface area contributed by atoms with Crippen LogP contribution in [0.5, 0.6) is 0 Å². The van der Waals surface area contributed by atoms with Crippen molar-refractivity contribution in [3.63, 3.8) is 0 Å². The molecular weight excluding hydrogens is 1080 g/mol. The van der Waals surface area contributed by atoms with E-state index in [1.807, 2.05) is 10.6 Å². The molecule has 10 amide bonds. The molecule has 1 aromatic carbocycles. The van der Waals surface area contributed by atoms with Crippen LogP contribution in [0, 0.1) is 5.92 Å². The van der Waals surface area contributed by atoms with Gasteiger partial charge in [-0.05, 0) is 38.7 Å². The van der Waals surface area contributed by atoms with Crippen LogP contribution in [0.2, 0.25) is 0 Å². The summed E-state index contributed by atoms with van der Waals surface area (Å²) in [6.07, 6.45) is -3.26. The molecule has 1 aromatic heterocycles. The third-order valence-corrected chi connectivity index (χ3v) is 11.7. The highest BCUT2D eigenvalue weighted by molar-refractivity contribution is 5.99. The number of aliphatic hydroxyl groups is 4. The standard InChI is InChI=1S/C48H71N13O20/c1-21(2)36(45(77)58-32(19-63)48(80)81)60-43(75)30(15-35(69)70)55-44(76)31(18-62)57-47(79)38(24(5)65)61-42(74)29(13-25-9-7-6-8-10-25)56-46(78)37(23(4)64)59-33(66)17-51-41(73)28(11-12-34(67)68)54-39(71)22(3)53-40(72)27(49)14-26-16-50-20-52-26/h6-10,16,20-24,27-32,36-38,62-65H,11-15,17-19,49H2,1-5H3,(H,50,52)(H,51,73)(H,53,72)(H,54,71)(H,55,76)(H,56,78)(H,57,79)(H,58,77)(H,59,66)(H,60,75)(H,61,74)(H,67,68)(H,69,70)(H,80,81)/t22-,23+,24+,27-,28-,29-,30-,31-,32-,36-,37-,38-/m0/s1. The minimum Gasteiger partial charge on any atom is -0.481 e. The third-order valence-electron chi connectivity index (χ3n) is 11.7. The van der Waals surface area contributed by atoms with Gasteiger partial charge in [-0.3, -0.25) is 57.5 Å². The first-order valence-corrected chi connectivity index (χ1v) is 25.0. The van der Waals surface area contributed by atoms with Crippen LogP contribution in [0.3, 0.4) is 0 Å². The van der Waals surface area contributed by atoms with Gasteiger partial charge in [-0.15, -0.1) is 0 Å². The number of aliphatic carboxylic acids is 3. The smallest absolute Gasteiger partial charge is 0.328 e. The maximum absolute atomic E-state index is 14.0. The molecule has 81 heavy (non-hydrogen) atoms. The number of nitrogens with two attached hydrogens (primary N) is 1. The van der Waals surface area contributed by atoms with Gasteiger partial charge in [0.1, 0.15) is 54.4 Å². The third kappa shape index (κ3) is 23.7. The Bertz CT molecular complexity index is 2520. The molecule has 0 aliphatic rings. The highest BCUT2D eigenvalue weighted by Crippen LogP contribution is 2.09. The number of imidazole rings is 1. The summed E-state index contributed by atoms with van der Waals surface area (Å²) in [6, 6.07) is -9.04. The summed E-state index contributed by atoms with van der Waals surface area (Å²) in [5.74, 6) is -16.8. The Labute approximate surface area is 462 Å². The highest BCUT2D eigenvalue weighted by Gasteiger charge is 2.37. The number of aromatic amines is 1. The Morgan fingerprint density at radius 3 is 1.57 bits per heavy atom. The first-order chi connectivity index (χ1) is 38.0. The second-order valence-electron chi connectivity index (χ2n) is 18.8. The van der Waals surface area contributed by atoms with E-state index in [4.69, 9.17) is 5.73 Å². The van der Waals surface area contributed by atoms with Crippen LogP contribution in [0.15, 0.2) is 42.9 Å². The Morgan fingerprint density at radius 1 is 0.543 bits per heavy atom. The van der Waals surface area contributed by atoms with Gasteiger partial charge in [0.25, 0.3) is 0 Å². The maximum Gasteiger partial charge on any atom is 0.328 e. The van der Waals surface area contributed by atoms with Crippen molar-refractivity contribution in [3.8, 4) is 0 Å². The lowest BCUT2D eigenvalue weighted by Crippen LogP contribution is -2.63. The molecule has 0 bridgehead atoms. The average molecular weight is 1150 g/mol. The van der Waals surface area contributed by atoms with Crippen molar-refractivity contribution < 1.29 is 98.1 Å². The van der Waals surface area contributed by atoms with Crippen LogP contribution in [-0.4, -0.2) is 215 Å². The Kier molecular flexibility index (Phi) is 28.5. The number of hydrogen-bond acceptors (Lipinski definition) is 19. The van der Waals surface area contributed by atoms with Crippen LogP contribution < -0.4 is 58.9 Å². The van der Waals surface area contributed by atoms with Crippen molar-refractivity contribution in [1.29, 1.82) is 0 Å². The van der Waals surface area contributed by atoms with Crippen LogP contribution in [0.4, 0.5) is 0 Å². The Hall–Kier alpha value is -8.66. The van der Waals surface area contributed by atoms with E-state index >= 15 is 0 Å². The molecule has 0 radical (unpaired) electrons. The summed E-state index contributed by atoms with van der Waals surface area (Å²) in [7, 11) is 0. The summed E-state index contributed by atoms with van der Waals surface area (Å²) in [5.41, 5.74) is 6.85. The topological polar surface area (TPSA) is 539 Å². The van der Waals surface area contributed by atoms with Crippen LogP contribution in [0.25, 0.3) is 0 Å². The summed E-state index contributed by atoms with van der Waals surface area (Å²) < 4.78 is 0. The number of aliphatic hydroxyl groups excluding tert-OH is 4. The van der Waals surface area contributed by atoms with E-state index in [1.54, 1.807) is 18.2 Å². The molecule has 1 heterocycles. The monoisotopic (exact) mass is 1150 g/mol. The lowest BCUT2D eigenvalue weighted by molar-refractivity contribution is -0.144. The molecule has 33 heteroatoms. The van der Waals surface area contributed by atoms with Crippen molar-refractivity contribution >= 4 is 77.0 Å². The molecule has 0 aliphatic carbocycles. The zero-order valence-electron chi connectivity index (χ0n) is 44.7. The van der Waals surface area contributed by atoms with Gasteiger partial charge >= 0.3 is 17.9 Å². The Balaban J connectivity index is 2.25. The van der Waals surface area contributed by atoms with Gasteiger partial charge in [0, 0.05) is 31.2 Å². The number of rotatable bonds is 35. The second-order valence-corrected chi connectivity index (χ2v) is 18.8. The van der Waals surface area contributed by atoms with Gasteiger partial charge in [0.2, 0.25) is 59.1 Å². The number of carbonyl (C=O) groups excluding carboxylic acids is 10. The number of aromatic nitrogens is 2. The molecule has 20 N–H and O–H groups in total. The van der Waals surface area contributed by atoms with Gasteiger partial charge in [-0.1, -0.05) is 44.2 Å². The first-order valence-electron chi connectivity index (χ1n) is 25.0. The lowest BCUT2D eigenvalue weighted by atomic mass is 10.0. The van der Waals surface area contributed by atoms with Gasteiger partial charge in [-0.25, -0.2) is 9.78 Å². The summed E-state index contributed by atoms with van der Waals surface area (Å²) in [5, 5.41) is 90.7. The number of carbonyl (C=O) groups is 13. The summed E-state index contributed by atoms with van der Waals surface area (Å²) in [4.78, 5) is 174. The van der Waals surface area contributed by atoms with Crippen molar-refractivity contribution in [2.24, 2.45) is 11.7 Å². The predicted octanol–water partition coefficient (Wildman–Crippen LogP) is -8.15. The van der Waals surface area contributed by atoms with E-state index in [-0.39, 0.29) is 12.8 Å². The van der Waals surface area contributed by atoms with E-state index in [9.17, 15) is 98.1 Å². The van der Waals surface area contributed by atoms with Crippen molar-refractivity contribution in [2.75, 3.05) is 19.8 Å². The molecule has 0 unspecified atom stereocenters. The van der Waals surface area contributed by atoms with E-state index in [0.717, 1.165) is 13.8 Å². The number of nitrogens with zero attached hydrogens (tertiary/aromatic N) is 1. The van der Waals surface area contributed by atoms with E-state index in [1.165, 1.54) is 45.4 Å². The molecule has 2 rings (SSSR count). The number of amides is 10. The summed E-state index contributed by atoms with van der Waals surface area (Å²) >= 11 is 0. The number of nitrogens with one attached hydrogen (secondary N) is 11. The zero-order chi connectivity index (χ0) is 61.3. The number of H-pyrrole nitrogens is 1. The second kappa shape index (κ2) is 33.7. The van der Waals surface area contributed by atoms with Gasteiger partial charge in [0.15, 0.2) is 0 Å². The zero-order valence-corrected chi connectivity index (χ0v) is 44.7. The fraction of sp³-hybridized carbons (Fsp3) is 0.542. The fourth-order valence-electron chi connectivity index (χ4n) is 7.19. The Morgan fingerprint density at radius 2 is 1.05 bits per heavy atom. The minimum atomic E-state index is -2.02. The minimum absolute atomic E-state index is 0.0367. The van der Waals surface area contributed by atoms with E-state index in [2.05, 4.69) is 52.5 Å². The molecule has 12 atom stereocenters. The number of carboxylic acid groups (broad SMARTS) is 3. The molecule has 0 saturated heterocycles. The van der Waals surface area contributed by atoms with Crippen molar-refractivity contribution in [1.82, 2.24) is 63.1 Å². The van der Waals surface area contributed by atoms with Crippen LogP contribution in [-0.2, 0) is 75.2 Å². The van der Waals surface area contributed by atoms with Crippen molar-refractivity contribution in [3.05, 3.63) is 54.1 Å². The van der Waals surface area contributed by atoms with Gasteiger partial charge < -0.3 is 99.6 Å². The molecule has 0 fully saturated rings. The number of hydrogen-bond donors (Lipinski definition) is 19. The molecule has 448 valence electrons. The SMILES string of the molecule is CC(C)[C@H](NC(=O)[C@H](CC(=O)O)NC(=O)[C@H](CO)NC(=O)[C@@H](NC(=O)[C@H](Cc1ccccc1)NC(=O)[C@@H](NC(=O)CNC(=O)[C@H](CCC(=O)O)NC(=O)[C@H](C)NC(=O)[C@@H](N)Cc1cnc[nH]1)[C@@H](C)O)[C@@H](C)O)C(=O)N[C@@H](CO)C(=O)O. The molecule has 33 nitrogen and oxygen atoms in total. The van der Waals surface area contributed by atoms with E-state index < -0.39 is 195 Å². The average Bonchev–Trinajstić information content (AvgIpc) is 3.92. The number of carboxylic acids is 3. The fourth-order valence-corrected chi connectivity index (χ4v) is 7.19. The van der Waals surface area contributed by atoms with Gasteiger partial charge in [-0.2, -0.15) is 0 Å². The maximum atomic E-state index is 14.0. The van der Waals surface area contributed by atoms with E-state index in [0.29, 0.717) is 11.3 Å². The molecular formula is C48H71N13O20. The first kappa shape index (κ1) is 68.4. The molecule has 2 aromatic rings. The van der Waals surface area contributed by atoms with Crippen LogP contribution in [0.1, 0.15) is 65.1 Å². The number of benzene rings is 1.